The summed E-state index contributed by atoms with van der Waals surface area (Å²) >= 11 is 0. The lowest BCUT2D eigenvalue weighted by atomic mass is 10.0. The fourth-order valence-electron chi connectivity index (χ4n) is 4.92. The number of carbonyl (C=O) groups is 2. The Morgan fingerprint density at radius 1 is 0.957 bits per heavy atom. The molecular weight excluding hydrogens is 657 g/mol. The van der Waals surface area contributed by atoms with Crippen LogP contribution in [0.15, 0.2) is 60.7 Å². The minimum atomic E-state index is -4.69. The molecule has 1 aliphatic heterocycles. The van der Waals surface area contributed by atoms with E-state index < -0.39 is 28.8 Å². The molecule has 0 atom stereocenters. The molecule has 0 radical (unpaired) electrons. The van der Waals surface area contributed by atoms with Gasteiger partial charge in [-0.2, -0.15) is 12.7 Å². The van der Waals surface area contributed by atoms with Crippen molar-refractivity contribution < 1.29 is 27.5 Å². The zero-order valence-electron chi connectivity index (χ0n) is 25.5. The van der Waals surface area contributed by atoms with Crippen LogP contribution in [0.1, 0.15) is 37.8 Å². The fourth-order valence-corrected chi connectivity index (χ4v) is 6.39. The summed E-state index contributed by atoms with van der Waals surface area (Å²) in [6.07, 6.45) is 0.205. The average Bonchev–Trinajstić information content (AvgIpc) is 2.99. The molecule has 1 saturated heterocycles. The van der Waals surface area contributed by atoms with Gasteiger partial charge in [0.15, 0.2) is 0 Å². The Kier molecular flexibility index (Phi) is 13.5. The maximum Gasteiger partial charge on any atom is 0.425 e. The number of primary amides is 1. The zero-order chi connectivity index (χ0) is 32.0. The predicted octanol–water partition coefficient (Wildman–Crippen LogP) is 4.00. The number of likely N-dealkylation sites (tertiary alicyclic amines) is 1. The molecule has 0 aromatic heterocycles. The van der Waals surface area contributed by atoms with Crippen LogP contribution in [-0.4, -0.2) is 73.6 Å². The van der Waals surface area contributed by atoms with Gasteiger partial charge in [0, 0.05) is 31.5 Å². The van der Waals surface area contributed by atoms with Crippen LogP contribution in [0.4, 0.5) is 10.5 Å². The smallest absolute Gasteiger partial charge is 0.425 e. The topological polar surface area (TPSA) is 196 Å². The molecule has 0 bridgehead atoms. The quantitative estimate of drug-likeness (QED) is 0.170. The second kappa shape index (κ2) is 16.3. The number of hydrogen-bond acceptors (Lipinski definition) is 8. The van der Waals surface area contributed by atoms with Crippen LogP contribution in [0.25, 0.3) is 10.8 Å². The average molecular weight is 697 g/mol. The number of halogens is 2. The number of nitrogens with zero attached hydrogens (tertiary/aromatic N) is 3. The molecule has 1 aliphatic rings. The van der Waals surface area contributed by atoms with Crippen LogP contribution < -0.4 is 20.5 Å². The van der Waals surface area contributed by atoms with Crippen LogP contribution in [0.3, 0.4) is 0 Å². The third kappa shape index (κ3) is 9.14. The van der Waals surface area contributed by atoms with Gasteiger partial charge in [-0.25, -0.2) is 9.10 Å². The monoisotopic (exact) mass is 695 g/mol. The Bertz CT molecular complexity index is 1670. The highest BCUT2D eigenvalue weighted by Crippen LogP contribution is 2.29. The molecule has 0 saturated carbocycles. The van der Waals surface area contributed by atoms with E-state index in [1.165, 1.54) is 6.92 Å². The molecule has 16 heteroatoms. The van der Waals surface area contributed by atoms with Crippen molar-refractivity contribution in [1.29, 1.82) is 10.8 Å². The highest BCUT2D eigenvalue weighted by atomic mass is 35.5. The summed E-state index contributed by atoms with van der Waals surface area (Å²) in [4.78, 5) is 26.6. The predicted molar refractivity (Wildman–Crippen MR) is 183 cm³/mol. The van der Waals surface area contributed by atoms with Crippen molar-refractivity contribution in [1.82, 2.24) is 9.21 Å². The number of nitrogen functional groups attached to an aromatic ring is 1. The Morgan fingerprint density at radius 2 is 1.59 bits per heavy atom. The van der Waals surface area contributed by atoms with Crippen molar-refractivity contribution in [3.8, 4) is 5.75 Å². The van der Waals surface area contributed by atoms with Crippen LogP contribution >= 0.6 is 24.8 Å². The lowest BCUT2D eigenvalue weighted by Gasteiger charge is -2.33. The highest BCUT2D eigenvalue weighted by molar-refractivity contribution is 7.91. The first-order valence-corrected chi connectivity index (χ1v) is 15.5. The molecule has 250 valence electrons. The van der Waals surface area contributed by atoms with Gasteiger partial charge in [-0.1, -0.05) is 24.3 Å². The van der Waals surface area contributed by atoms with E-state index >= 15 is 0 Å². The molecule has 13 nitrogen and oxygen atoms in total. The number of nitrogens with one attached hydrogen (secondary N) is 2. The van der Waals surface area contributed by atoms with Crippen LogP contribution in [0, 0.1) is 10.8 Å². The summed E-state index contributed by atoms with van der Waals surface area (Å²) in [5.74, 6) is -0.0706. The molecule has 0 aliphatic carbocycles. The number of amides is 2. The Hall–Kier alpha value is -4.27. The van der Waals surface area contributed by atoms with E-state index in [0.29, 0.717) is 40.1 Å². The second-order valence-electron chi connectivity index (χ2n) is 10.4. The van der Waals surface area contributed by atoms with Gasteiger partial charge < -0.3 is 25.8 Å². The Morgan fingerprint density at radius 3 is 2.15 bits per heavy atom. The fraction of sp³-hybridized carbons (Fsp3) is 0.333. The molecule has 1 heterocycles. The third-order valence-electron chi connectivity index (χ3n) is 7.21. The van der Waals surface area contributed by atoms with Crippen LogP contribution in [0.2, 0.25) is 0 Å². The summed E-state index contributed by atoms with van der Waals surface area (Å²) in [6.45, 7) is 3.47. The summed E-state index contributed by atoms with van der Waals surface area (Å²) < 4.78 is 40.5. The van der Waals surface area contributed by atoms with Gasteiger partial charge in [-0.05, 0) is 66.6 Å². The summed E-state index contributed by atoms with van der Waals surface area (Å²) in [6, 6.07) is 17.0. The Labute approximate surface area is 280 Å². The van der Waals surface area contributed by atoms with E-state index in [4.69, 9.17) is 31.8 Å². The van der Waals surface area contributed by atoms with Gasteiger partial charge >= 0.3 is 16.3 Å². The van der Waals surface area contributed by atoms with E-state index in [-0.39, 0.29) is 55.6 Å². The Balaban J connectivity index is 0.00000368. The number of benzene rings is 3. The lowest BCUT2D eigenvalue weighted by molar-refractivity contribution is -0.118. The summed E-state index contributed by atoms with van der Waals surface area (Å²) in [5, 5.41) is 17.2. The summed E-state index contributed by atoms with van der Waals surface area (Å²) in [7, 11) is -4.69. The van der Waals surface area contributed by atoms with E-state index in [1.54, 1.807) is 55.5 Å². The van der Waals surface area contributed by atoms with Crippen molar-refractivity contribution in [2.45, 2.75) is 39.3 Å². The van der Waals surface area contributed by atoms with E-state index in [1.807, 2.05) is 17.0 Å². The maximum atomic E-state index is 14.0. The van der Waals surface area contributed by atoms with Gasteiger partial charge in [-0.15, -0.1) is 24.8 Å². The molecule has 3 aromatic carbocycles. The number of piperidine rings is 1. The van der Waals surface area contributed by atoms with Gasteiger partial charge in [0.1, 0.15) is 24.2 Å². The molecule has 46 heavy (non-hydrogen) atoms. The van der Waals surface area contributed by atoms with Crippen molar-refractivity contribution in [3.05, 3.63) is 71.8 Å². The molecular formula is C30H39Cl2N7O6S. The molecule has 4 rings (SSSR count). The van der Waals surface area contributed by atoms with Crippen molar-refractivity contribution in [2.24, 2.45) is 11.5 Å². The number of nitrogens with two attached hydrogens (primary N) is 2. The van der Waals surface area contributed by atoms with Gasteiger partial charge in [-0.3, -0.25) is 15.6 Å². The van der Waals surface area contributed by atoms with E-state index in [0.717, 1.165) is 27.9 Å². The summed E-state index contributed by atoms with van der Waals surface area (Å²) in [5.41, 5.74) is 12.3. The molecule has 1 fully saturated rings. The van der Waals surface area contributed by atoms with E-state index in [2.05, 4.69) is 0 Å². The van der Waals surface area contributed by atoms with Crippen LogP contribution in [0.5, 0.6) is 5.75 Å². The SMILES string of the molecule is CCOC(=O)N(CC(N)=O)S(=O)(=O)N(Cc1ccc2ccc(C(=N)N)cc2c1)c1ccc(OC2CCN(C(C)=N)CC2)cc1.Cl.Cl. The van der Waals surface area contributed by atoms with Crippen molar-refractivity contribution in [2.75, 3.05) is 30.5 Å². The third-order valence-corrected chi connectivity index (χ3v) is 8.95. The van der Waals surface area contributed by atoms with Crippen LogP contribution in [-0.2, 0) is 26.3 Å². The zero-order valence-corrected chi connectivity index (χ0v) is 27.9. The van der Waals surface area contributed by atoms with Gasteiger partial charge in [0.25, 0.3) is 0 Å². The number of rotatable bonds is 11. The van der Waals surface area contributed by atoms with Gasteiger partial charge in [0.05, 0.1) is 24.7 Å². The molecule has 6 N–H and O–H groups in total. The first-order chi connectivity index (χ1) is 20.9. The normalized spacial score (nSPS) is 13.1. The molecule has 0 unspecified atom stereocenters. The number of amidine groups is 2. The number of carbonyl (C=O) groups excluding carboxylic acids is 2. The van der Waals surface area contributed by atoms with E-state index in [9.17, 15) is 18.0 Å². The number of hydrogen-bond donors (Lipinski definition) is 4. The minimum absolute atomic E-state index is 0. The minimum Gasteiger partial charge on any atom is -0.490 e. The van der Waals surface area contributed by atoms with Crippen molar-refractivity contribution >= 4 is 75.2 Å². The first-order valence-electron chi connectivity index (χ1n) is 14.1. The maximum absolute atomic E-state index is 14.0. The lowest BCUT2D eigenvalue weighted by Crippen LogP contribution is -2.50. The standard InChI is InChI=1S/C30H37N7O6S.2ClH/c1-3-42-30(39)37(19-28(32)38)44(40,41)36(18-21-4-5-22-6-7-23(29(33)34)17-24(22)16-21)25-8-10-26(11-9-25)43-27-12-14-35(15-13-27)20(2)31;;/h4-11,16-17,27,31H,3,12-15,18-19H2,1-2H3,(H2,32,38)(H3,33,34);2*1H. The largest absolute Gasteiger partial charge is 0.490 e. The molecule has 2 amide bonds. The number of ether oxygens (including phenoxy) is 2. The number of anilines is 1. The number of fused-ring (bicyclic) bond motifs is 1. The molecule has 3 aromatic rings. The van der Waals surface area contributed by atoms with Crippen molar-refractivity contribution in [3.63, 3.8) is 0 Å². The second-order valence-corrected chi connectivity index (χ2v) is 12.2. The first kappa shape index (κ1) is 37.9. The van der Waals surface area contributed by atoms with Gasteiger partial charge in [0.2, 0.25) is 5.91 Å². The highest BCUT2D eigenvalue weighted by Gasteiger charge is 2.36. The molecule has 0 spiro atoms.